The van der Waals surface area contributed by atoms with Crippen LogP contribution in [-0.2, 0) is 0 Å². The van der Waals surface area contributed by atoms with E-state index < -0.39 is 0 Å². The number of aromatic nitrogens is 5. The maximum atomic E-state index is 13.5. The van der Waals surface area contributed by atoms with E-state index in [9.17, 15) is 4.39 Å². The highest BCUT2D eigenvalue weighted by Gasteiger charge is 2.22. The van der Waals surface area contributed by atoms with Crippen LogP contribution in [0.2, 0.25) is 0 Å². The SMILES string of the molecule is COc1nc(N)nc2c1c(-c1cc3cc(F)ccc3[nH]1)nn2C(C)C. The van der Waals surface area contributed by atoms with Gasteiger partial charge in [-0.05, 0) is 38.1 Å². The molecule has 4 rings (SSSR count). The number of methoxy groups -OCH3 is 1. The van der Waals surface area contributed by atoms with Crippen LogP contribution in [-0.4, -0.2) is 31.8 Å². The van der Waals surface area contributed by atoms with Crippen LogP contribution in [0.5, 0.6) is 5.88 Å². The van der Waals surface area contributed by atoms with E-state index in [-0.39, 0.29) is 17.8 Å². The number of anilines is 1. The maximum Gasteiger partial charge on any atom is 0.230 e. The monoisotopic (exact) mass is 340 g/mol. The molecular formula is C17H17FN6O. The summed E-state index contributed by atoms with van der Waals surface area (Å²) in [6, 6.07) is 6.50. The zero-order chi connectivity index (χ0) is 17.7. The second kappa shape index (κ2) is 5.44. The molecule has 0 saturated carbocycles. The average molecular weight is 340 g/mol. The molecule has 0 amide bonds. The van der Waals surface area contributed by atoms with Crippen molar-refractivity contribution in [1.29, 1.82) is 0 Å². The third-order valence-electron chi connectivity index (χ3n) is 4.06. The molecule has 128 valence electrons. The number of nitrogens with two attached hydrogens (primary N) is 1. The van der Waals surface area contributed by atoms with Crippen LogP contribution >= 0.6 is 0 Å². The molecule has 3 N–H and O–H groups in total. The van der Waals surface area contributed by atoms with E-state index in [4.69, 9.17) is 10.5 Å². The Bertz CT molecular complexity index is 1100. The van der Waals surface area contributed by atoms with Gasteiger partial charge in [0, 0.05) is 16.9 Å². The van der Waals surface area contributed by atoms with Crippen LogP contribution in [0.3, 0.4) is 0 Å². The zero-order valence-corrected chi connectivity index (χ0v) is 14.0. The van der Waals surface area contributed by atoms with E-state index in [0.717, 1.165) is 16.6 Å². The Kier molecular flexibility index (Phi) is 3.34. The maximum absolute atomic E-state index is 13.5. The summed E-state index contributed by atoms with van der Waals surface area (Å²) in [5, 5.41) is 6.11. The molecule has 0 saturated heterocycles. The Morgan fingerprint density at radius 2 is 2.04 bits per heavy atom. The van der Waals surface area contributed by atoms with Crippen LogP contribution in [0.15, 0.2) is 24.3 Å². The summed E-state index contributed by atoms with van der Waals surface area (Å²) in [7, 11) is 1.53. The van der Waals surface area contributed by atoms with E-state index in [1.165, 1.54) is 19.2 Å². The van der Waals surface area contributed by atoms with E-state index in [1.807, 2.05) is 19.9 Å². The highest BCUT2D eigenvalue weighted by atomic mass is 19.1. The lowest BCUT2D eigenvalue weighted by Gasteiger charge is -2.07. The van der Waals surface area contributed by atoms with Crippen molar-refractivity contribution in [2.45, 2.75) is 19.9 Å². The van der Waals surface area contributed by atoms with Crippen molar-refractivity contribution in [3.8, 4) is 17.3 Å². The molecule has 0 unspecified atom stereocenters. The standard InChI is InChI=1S/C17H17FN6O/c1-8(2)24-15-13(16(25-3)22-17(19)21-15)14(23-24)12-7-9-6-10(18)4-5-11(9)20-12/h4-8,20H,1-3H3,(H2,19,21,22). The second-order valence-corrected chi connectivity index (χ2v) is 6.09. The van der Waals surface area contributed by atoms with Crippen LogP contribution < -0.4 is 10.5 Å². The van der Waals surface area contributed by atoms with Gasteiger partial charge in [-0.1, -0.05) is 0 Å². The normalized spacial score (nSPS) is 11.7. The number of nitrogen functional groups attached to an aromatic ring is 1. The molecule has 0 bridgehead atoms. The molecule has 0 spiro atoms. The molecule has 3 aromatic heterocycles. The van der Waals surface area contributed by atoms with Gasteiger partial charge in [0.05, 0.1) is 12.8 Å². The van der Waals surface area contributed by atoms with Gasteiger partial charge in [-0.15, -0.1) is 0 Å². The number of fused-ring (bicyclic) bond motifs is 2. The van der Waals surface area contributed by atoms with Gasteiger partial charge in [0.1, 0.15) is 16.9 Å². The molecule has 7 nitrogen and oxygen atoms in total. The average Bonchev–Trinajstić information content (AvgIpc) is 3.14. The highest BCUT2D eigenvalue weighted by Crippen LogP contribution is 2.35. The number of hydrogen-bond donors (Lipinski definition) is 2. The fraction of sp³-hybridized carbons (Fsp3) is 0.235. The molecule has 25 heavy (non-hydrogen) atoms. The Morgan fingerprint density at radius 3 is 2.76 bits per heavy atom. The predicted octanol–water partition coefficient (Wildman–Crippen LogP) is 3.29. The molecule has 0 radical (unpaired) electrons. The van der Waals surface area contributed by atoms with E-state index in [1.54, 1.807) is 10.7 Å². The fourth-order valence-electron chi connectivity index (χ4n) is 2.95. The highest BCUT2D eigenvalue weighted by molar-refractivity contribution is 5.97. The van der Waals surface area contributed by atoms with Gasteiger partial charge in [-0.25, -0.2) is 9.07 Å². The van der Waals surface area contributed by atoms with Crippen molar-refractivity contribution in [1.82, 2.24) is 24.7 Å². The third-order valence-corrected chi connectivity index (χ3v) is 4.06. The van der Waals surface area contributed by atoms with Crippen LogP contribution in [0.25, 0.3) is 33.3 Å². The third kappa shape index (κ3) is 2.37. The van der Waals surface area contributed by atoms with Crippen LogP contribution in [0.1, 0.15) is 19.9 Å². The first-order valence-corrected chi connectivity index (χ1v) is 7.86. The summed E-state index contributed by atoms with van der Waals surface area (Å²) in [6.45, 7) is 4.00. The number of ether oxygens (including phenoxy) is 1. The first kappa shape index (κ1) is 15.4. The predicted molar refractivity (Wildman–Crippen MR) is 93.9 cm³/mol. The van der Waals surface area contributed by atoms with Crippen LogP contribution in [0, 0.1) is 5.82 Å². The molecule has 1 aromatic carbocycles. The molecule has 3 heterocycles. The van der Waals surface area contributed by atoms with Crippen molar-refractivity contribution in [3.05, 3.63) is 30.1 Å². The first-order valence-electron chi connectivity index (χ1n) is 7.86. The summed E-state index contributed by atoms with van der Waals surface area (Å²) in [6.07, 6.45) is 0. The number of nitrogens with zero attached hydrogens (tertiary/aromatic N) is 4. The summed E-state index contributed by atoms with van der Waals surface area (Å²) in [4.78, 5) is 11.8. The van der Waals surface area contributed by atoms with Gasteiger partial charge in [-0.2, -0.15) is 15.1 Å². The van der Waals surface area contributed by atoms with Gasteiger partial charge in [-0.3, -0.25) is 0 Å². The first-order chi connectivity index (χ1) is 12.0. The molecule has 0 aliphatic carbocycles. The minimum absolute atomic E-state index is 0.0667. The number of rotatable bonds is 3. The number of nitrogens with one attached hydrogen (secondary N) is 1. The van der Waals surface area contributed by atoms with Gasteiger partial charge >= 0.3 is 0 Å². The zero-order valence-electron chi connectivity index (χ0n) is 14.0. The number of aromatic amines is 1. The molecule has 8 heteroatoms. The lowest BCUT2D eigenvalue weighted by molar-refractivity contribution is 0.403. The van der Waals surface area contributed by atoms with Gasteiger partial charge in [0.2, 0.25) is 11.8 Å². The van der Waals surface area contributed by atoms with Crippen molar-refractivity contribution >= 4 is 27.9 Å². The Hall–Kier alpha value is -3.16. The number of hydrogen-bond acceptors (Lipinski definition) is 5. The Labute approximate surface area is 142 Å². The molecule has 0 aliphatic rings. The quantitative estimate of drug-likeness (QED) is 0.597. The molecule has 4 aromatic rings. The number of benzene rings is 1. The summed E-state index contributed by atoms with van der Waals surface area (Å²) < 4.78 is 20.7. The lowest BCUT2D eigenvalue weighted by atomic mass is 10.2. The van der Waals surface area contributed by atoms with Crippen molar-refractivity contribution in [2.24, 2.45) is 0 Å². The van der Waals surface area contributed by atoms with E-state index in [0.29, 0.717) is 22.6 Å². The van der Waals surface area contributed by atoms with Gasteiger partial charge in [0.25, 0.3) is 0 Å². The fourth-order valence-corrected chi connectivity index (χ4v) is 2.95. The Morgan fingerprint density at radius 1 is 1.24 bits per heavy atom. The van der Waals surface area contributed by atoms with Gasteiger partial charge in [0.15, 0.2) is 5.65 Å². The smallest absolute Gasteiger partial charge is 0.230 e. The number of H-pyrrole nitrogens is 1. The van der Waals surface area contributed by atoms with Gasteiger partial charge < -0.3 is 15.5 Å². The van der Waals surface area contributed by atoms with Crippen molar-refractivity contribution in [2.75, 3.05) is 12.8 Å². The largest absolute Gasteiger partial charge is 0.480 e. The molecular weight excluding hydrogens is 323 g/mol. The summed E-state index contributed by atoms with van der Waals surface area (Å²) >= 11 is 0. The minimum Gasteiger partial charge on any atom is -0.480 e. The molecule has 0 fully saturated rings. The summed E-state index contributed by atoms with van der Waals surface area (Å²) in [5.74, 6) is 0.190. The lowest BCUT2D eigenvalue weighted by Crippen LogP contribution is -2.05. The van der Waals surface area contributed by atoms with Crippen molar-refractivity contribution < 1.29 is 9.13 Å². The minimum atomic E-state index is -0.288. The van der Waals surface area contributed by atoms with Crippen molar-refractivity contribution in [3.63, 3.8) is 0 Å². The topological polar surface area (TPSA) is 94.6 Å². The van der Waals surface area contributed by atoms with E-state index in [2.05, 4.69) is 20.1 Å². The van der Waals surface area contributed by atoms with Crippen LogP contribution in [0.4, 0.5) is 10.3 Å². The second-order valence-electron chi connectivity index (χ2n) is 6.09. The van der Waals surface area contributed by atoms with E-state index >= 15 is 0 Å². The molecule has 0 aliphatic heterocycles. The number of halogens is 1. The summed E-state index contributed by atoms with van der Waals surface area (Å²) in [5.41, 5.74) is 8.59. The molecule has 0 atom stereocenters. The Balaban J connectivity index is 2.05.